The van der Waals surface area contributed by atoms with Crippen molar-refractivity contribution in [2.75, 3.05) is 19.5 Å². The van der Waals surface area contributed by atoms with Crippen LogP contribution in [-0.4, -0.2) is 31.1 Å². The van der Waals surface area contributed by atoms with E-state index in [2.05, 4.69) is 10.3 Å². The number of benzene rings is 2. The van der Waals surface area contributed by atoms with Gasteiger partial charge < -0.3 is 19.8 Å². The van der Waals surface area contributed by atoms with Crippen LogP contribution >= 0.6 is 0 Å². The normalized spacial score (nSPS) is 15.0. The van der Waals surface area contributed by atoms with Gasteiger partial charge in [-0.3, -0.25) is 4.79 Å². The predicted molar refractivity (Wildman–Crippen MR) is 110 cm³/mol. The van der Waals surface area contributed by atoms with Gasteiger partial charge in [0.2, 0.25) is 5.91 Å². The molecule has 2 heterocycles. The van der Waals surface area contributed by atoms with Crippen molar-refractivity contribution in [1.29, 1.82) is 0 Å². The van der Waals surface area contributed by atoms with Crippen molar-refractivity contribution in [1.82, 2.24) is 4.98 Å². The van der Waals surface area contributed by atoms with Gasteiger partial charge in [-0.25, -0.2) is 9.18 Å². The van der Waals surface area contributed by atoms with Crippen LogP contribution in [0.15, 0.2) is 36.4 Å². The van der Waals surface area contributed by atoms with Gasteiger partial charge in [0.25, 0.3) is 0 Å². The van der Waals surface area contributed by atoms with Crippen LogP contribution in [0.3, 0.4) is 0 Å². The first-order chi connectivity index (χ1) is 14.3. The van der Waals surface area contributed by atoms with Crippen LogP contribution in [0.25, 0.3) is 11.3 Å². The molecule has 0 saturated heterocycles. The van der Waals surface area contributed by atoms with Crippen molar-refractivity contribution in [2.45, 2.75) is 19.8 Å². The molecule has 2 aromatic carbocycles. The molecule has 0 aliphatic carbocycles. The third-order valence-corrected chi connectivity index (χ3v) is 5.38. The summed E-state index contributed by atoms with van der Waals surface area (Å²) in [6.07, 6.45) is 0. The number of H-pyrrole nitrogens is 1. The molecule has 2 N–H and O–H groups in total. The zero-order valence-electron chi connectivity index (χ0n) is 17.1. The van der Waals surface area contributed by atoms with E-state index in [4.69, 9.17) is 9.47 Å². The number of carbonyl (C=O) groups is 2. The Morgan fingerprint density at radius 3 is 2.57 bits per heavy atom. The molecule has 30 heavy (non-hydrogen) atoms. The first kappa shape index (κ1) is 19.7. The number of carbonyl (C=O) groups excluding carboxylic acids is 2. The number of amides is 1. The lowest BCUT2D eigenvalue weighted by Gasteiger charge is -2.15. The number of anilines is 1. The van der Waals surface area contributed by atoms with E-state index in [1.54, 1.807) is 13.0 Å². The molecule has 1 amide bonds. The van der Waals surface area contributed by atoms with Crippen LogP contribution in [0, 0.1) is 19.7 Å². The fourth-order valence-corrected chi connectivity index (χ4v) is 4.05. The van der Waals surface area contributed by atoms with Crippen LogP contribution in [0.4, 0.5) is 10.1 Å². The maximum atomic E-state index is 13.8. The highest BCUT2D eigenvalue weighted by Gasteiger charge is 2.39. The number of hydrogen-bond acceptors (Lipinski definition) is 4. The van der Waals surface area contributed by atoms with E-state index in [0.717, 1.165) is 11.1 Å². The summed E-state index contributed by atoms with van der Waals surface area (Å²) in [4.78, 5) is 28.9. The Labute approximate surface area is 173 Å². The van der Waals surface area contributed by atoms with Crippen molar-refractivity contribution in [3.63, 3.8) is 0 Å². The SMILES string of the molecule is COC(=O)c1c(C)[nH]c(-c2ccc(F)cc2OC)c1[C@H]1C(=O)Nc2ccc(C)cc21. The molecule has 0 saturated carbocycles. The quantitative estimate of drug-likeness (QED) is 0.630. The number of rotatable bonds is 4. The lowest BCUT2D eigenvalue weighted by atomic mass is 9.86. The molecular weight excluding hydrogens is 387 g/mol. The molecule has 4 rings (SSSR count). The van der Waals surface area contributed by atoms with Gasteiger partial charge in [0, 0.05) is 28.6 Å². The van der Waals surface area contributed by atoms with Crippen LogP contribution in [-0.2, 0) is 9.53 Å². The highest BCUT2D eigenvalue weighted by Crippen LogP contribution is 2.45. The molecule has 6 nitrogen and oxygen atoms in total. The minimum absolute atomic E-state index is 0.248. The van der Waals surface area contributed by atoms with E-state index in [1.807, 2.05) is 25.1 Å². The Kier molecular flexibility index (Phi) is 4.81. The summed E-state index contributed by atoms with van der Waals surface area (Å²) in [5, 5.41) is 2.89. The number of fused-ring (bicyclic) bond motifs is 1. The van der Waals surface area contributed by atoms with Crippen molar-refractivity contribution < 1.29 is 23.5 Å². The largest absolute Gasteiger partial charge is 0.496 e. The highest BCUT2D eigenvalue weighted by molar-refractivity contribution is 6.09. The van der Waals surface area contributed by atoms with Crippen LogP contribution in [0.1, 0.15) is 38.7 Å². The number of nitrogens with one attached hydrogen (secondary N) is 2. The lowest BCUT2D eigenvalue weighted by Crippen LogP contribution is -2.17. The molecule has 0 bridgehead atoms. The average Bonchev–Trinajstić information content (AvgIpc) is 3.22. The first-order valence-electron chi connectivity index (χ1n) is 9.41. The molecule has 1 atom stereocenters. The summed E-state index contributed by atoms with van der Waals surface area (Å²) in [7, 11) is 2.74. The molecule has 0 radical (unpaired) electrons. The van der Waals surface area contributed by atoms with E-state index in [-0.39, 0.29) is 17.2 Å². The van der Waals surface area contributed by atoms with Gasteiger partial charge in [0.15, 0.2) is 0 Å². The summed E-state index contributed by atoms with van der Waals surface area (Å²) in [6, 6.07) is 9.82. The molecule has 3 aromatic rings. The average molecular weight is 408 g/mol. The van der Waals surface area contributed by atoms with Crippen LogP contribution < -0.4 is 10.1 Å². The monoisotopic (exact) mass is 408 g/mol. The second-order valence-electron chi connectivity index (χ2n) is 7.26. The Bertz CT molecular complexity index is 1180. The Morgan fingerprint density at radius 2 is 1.87 bits per heavy atom. The zero-order chi connectivity index (χ0) is 21.6. The third-order valence-electron chi connectivity index (χ3n) is 5.38. The summed E-state index contributed by atoms with van der Waals surface area (Å²) < 4.78 is 24.2. The maximum Gasteiger partial charge on any atom is 0.340 e. The summed E-state index contributed by atoms with van der Waals surface area (Å²) in [6.45, 7) is 3.67. The second-order valence-corrected chi connectivity index (χ2v) is 7.26. The van der Waals surface area contributed by atoms with Gasteiger partial charge in [0.1, 0.15) is 11.6 Å². The number of hydrogen-bond donors (Lipinski definition) is 2. The number of halogens is 1. The number of ether oxygens (including phenoxy) is 2. The fourth-order valence-electron chi connectivity index (χ4n) is 4.05. The number of esters is 1. The van der Waals surface area contributed by atoms with Gasteiger partial charge >= 0.3 is 5.97 Å². The Balaban J connectivity index is 2.04. The van der Waals surface area contributed by atoms with Gasteiger partial charge in [0.05, 0.1) is 31.4 Å². The van der Waals surface area contributed by atoms with E-state index in [0.29, 0.717) is 28.2 Å². The van der Waals surface area contributed by atoms with Crippen molar-refractivity contribution in [2.24, 2.45) is 0 Å². The molecule has 0 spiro atoms. The lowest BCUT2D eigenvalue weighted by molar-refractivity contribution is -0.116. The Hall–Kier alpha value is -3.61. The first-order valence-corrected chi connectivity index (χ1v) is 9.41. The van der Waals surface area contributed by atoms with E-state index < -0.39 is 17.7 Å². The smallest absolute Gasteiger partial charge is 0.340 e. The Morgan fingerprint density at radius 1 is 1.10 bits per heavy atom. The van der Waals surface area contributed by atoms with E-state index in [9.17, 15) is 14.0 Å². The molecule has 154 valence electrons. The van der Waals surface area contributed by atoms with Crippen LogP contribution in [0.5, 0.6) is 5.75 Å². The zero-order valence-corrected chi connectivity index (χ0v) is 17.1. The third kappa shape index (κ3) is 3.03. The molecule has 1 aliphatic rings. The van der Waals surface area contributed by atoms with Crippen molar-refractivity contribution >= 4 is 17.6 Å². The van der Waals surface area contributed by atoms with E-state index >= 15 is 0 Å². The maximum absolute atomic E-state index is 13.8. The predicted octanol–water partition coefficient (Wildman–Crippen LogP) is 4.32. The molecule has 7 heteroatoms. The van der Waals surface area contributed by atoms with Crippen LogP contribution in [0.2, 0.25) is 0 Å². The highest BCUT2D eigenvalue weighted by atomic mass is 19.1. The molecule has 0 fully saturated rings. The number of methoxy groups -OCH3 is 2. The second kappa shape index (κ2) is 7.33. The molecule has 1 aromatic heterocycles. The number of aromatic amines is 1. The van der Waals surface area contributed by atoms with E-state index in [1.165, 1.54) is 26.4 Å². The summed E-state index contributed by atoms with van der Waals surface area (Å²) in [5.74, 6) is -1.70. The molecule has 1 aliphatic heterocycles. The number of aromatic nitrogens is 1. The van der Waals surface area contributed by atoms with Gasteiger partial charge in [-0.15, -0.1) is 0 Å². The fraction of sp³-hybridized carbons (Fsp3) is 0.217. The van der Waals surface area contributed by atoms with Gasteiger partial charge in [-0.05, 0) is 37.6 Å². The van der Waals surface area contributed by atoms with Crippen molar-refractivity contribution in [3.05, 3.63) is 70.2 Å². The topological polar surface area (TPSA) is 80.4 Å². The minimum Gasteiger partial charge on any atom is -0.496 e. The standard InChI is InChI=1S/C23H21FN2O4/c1-11-5-8-16-15(9-11)19(22(27)26-16)20-18(23(28)30-4)12(2)25-21(20)14-7-6-13(24)10-17(14)29-3/h5-10,19,25H,1-4H3,(H,26,27)/t19-/m0/s1. The van der Waals surface area contributed by atoms with Gasteiger partial charge in [-0.1, -0.05) is 17.7 Å². The molecular formula is C23H21FN2O4. The van der Waals surface area contributed by atoms with Gasteiger partial charge in [-0.2, -0.15) is 0 Å². The number of aryl methyl sites for hydroxylation is 2. The summed E-state index contributed by atoms with van der Waals surface area (Å²) >= 11 is 0. The van der Waals surface area contributed by atoms with Crippen molar-refractivity contribution in [3.8, 4) is 17.0 Å². The minimum atomic E-state index is -0.733. The molecule has 0 unspecified atom stereocenters. The summed E-state index contributed by atoms with van der Waals surface area (Å²) in [5.41, 5.74) is 4.82.